The molecule has 2 N–H and O–H groups in total. The number of hydrogen-bond acceptors (Lipinski definition) is 2. The Morgan fingerprint density at radius 3 is 2.76 bits per heavy atom. The zero-order valence-electron chi connectivity index (χ0n) is 10.6. The van der Waals surface area contributed by atoms with Crippen molar-refractivity contribution in [2.75, 3.05) is 12.3 Å². The smallest absolute Gasteiger partial charge is 0.256 e. The van der Waals surface area contributed by atoms with Crippen molar-refractivity contribution in [2.24, 2.45) is 0 Å². The Labute approximate surface area is 103 Å². The van der Waals surface area contributed by atoms with Crippen molar-refractivity contribution in [3.05, 3.63) is 29.3 Å². The molecule has 3 heteroatoms. The van der Waals surface area contributed by atoms with Gasteiger partial charge in [0.05, 0.1) is 5.56 Å². The minimum Gasteiger partial charge on any atom is -0.398 e. The van der Waals surface area contributed by atoms with Crippen LogP contribution in [0.1, 0.15) is 42.1 Å². The van der Waals surface area contributed by atoms with E-state index in [4.69, 9.17) is 5.73 Å². The molecule has 1 aliphatic carbocycles. The fourth-order valence-corrected chi connectivity index (χ4v) is 2.10. The van der Waals surface area contributed by atoms with Crippen LogP contribution in [0.2, 0.25) is 0 Å². The zero-order valence-corrected chi connectivity index (χ0v) is 10.6. The van der Waals surface area contributed by atoms with Crippen LogP contribution in [-0.2, 0) is 0 Å². The van der Waals surface area contributed by atoms with Crippen molar-refractivity contribution >= 4 is 11.6 Å². The highest BCUT2D eigenvalue weighted by Gasteiger charge is 2.33. The maximum atomic E-state index is 12.4. The number of nitrogen functional groups attached to an aromatic ring is 1. The SMILES string of the molecule is CCCN(C(=O)c1cccc(C)c1N)C1CC1. The van der Waals surface area contributed by atoms with Crippen LogP contribution in [0, 0.1) is 6.92 Å². The van der Waals surface area contributed by atoms with Gasteiger partial charge in [0, 0.05) is 18.3 Å². The predicted octanol–water partition coefficient (Wildman–Crippen LogP) is 2.59. The molecule has 1 amide bonds. The molecule has 0 saturated heterocycles. The molecule has 0 radical (unpaired) electrons. The number of aryl methyl sites for hydroxylation is 1. The highest BCUT2D eigenvalue weighted by atomic mass is 16.2. The first kappa shape index (κ1) is 12.0. The molecular formula is C14H20N2O. The van der Waals surface area contributed by atoms with Gasteiger partial charge in [0.25, 0.3) is 5.91 Å². The van der Waals surface area contributed by atoms with Gasteiger partial charge < -0.3 is 10.6 Å². The summed E-state index contributed by atoms with van der Waals surface area (Å²) in [6.07, 6.45) is 3.27. The molecule has 1 aromatic carbocycles. The number of para-hydroxylation sites is 1. The van der Waals surface area contributed by atoms with Gasteiger partial charge >= 0.3 is 0 Å². The fourth-order valence-electron chi connectivity index (χ4n) is 2.10. The Balaban J connectivity index is 2.25. The number of nitrogens with two attached hydrogens (primary N) is 1. The van der Waals surface area contributed by atoms with Crippen molar-refractivity contribution < 1.29 is 4.79 Å². The van der Waals surface area contributed by atoms with Gasteiger partial charge in [0.1, 0.15) is 0 Å². The lowest BCUT2D eigenvalue weighted by Crippen LogP contribution is -2.34. The van der Waals surface area contributed by atoms with E-state index in [0.29, 0.717) is 17.3 Å². The maximum absolute atomic E-state index is 12.4. The molecular weight excluding hydrogens is 212 g/mol. The average Bonchev–Trinajstić information content (AvgIpc) is 3.13. The Kier molecular flexibility index (Phi) is 3.36. The second kappa shape index (κ2) is 4.78. The van der Waals surface area contributed by atoms with E-state index in [2.05, 4.69) is 6.92 Å². The molecule has 0 aliphatic heterocycles. The normalized spacial score (nSPS) is 14.7. The van der Waals surface area contributed by atoms with Gasteiger partial charge in [-0.05, 0) is 37.8 Å². The third-order valence-electron chi connectivity index (χ3n) is 3.27. The summed E-state index contributed by atoms with van der Waals surface area (Å²) in [5, 5.41) is 0. The zero-order chi connectivity index (χ0) is 12.4. The van der Waals surface area contributed by atoms with Crippen LogP contribution in [0.3, 0.4) is 0 Å². The average molecular weight is 232 g/mol. The molecule has 1 aliphatic rings. The maximum Gasteiger partial charge on any atom is 0.256 e. The summed E-state index contributed by atoms with van der Waals surface area (Å²) in [5.74, 6) is 0.0931. The lowest BCUT2D eigenvalue weighted by Gasteiger charge is -2.22. The molecule has 17 heavy (non-hydrogen) atoms. The van der Waals surface area contributed by atoms with Crippen LogP contribution < -0.4 is 5.73 Å². The highest BCUT2D eigenvalue weighted by Crippen LogP contribution is 2.29. The molecule has 0 spiro atoms. The van der Waals surface area contributed by atoms with E-state index < -0.39 is 0 Å². The number of amides is 1. The minimum atomic E-state index is 0.0931. The van der Waals surface area contributed by atoms with Crippen molar-refractivity contribution in [3.8, 4) is 0 Å². The number of hydrogen-bond donors (Lipinski definition) is 1. The number of nitrogens with zero attached hydrogens (tertiary/aromatic N) is 1. The fraction of sp³-hybridized carbons (Fsp3) is 0.500. The molecule has 92 valence electrons. The van der Waals surface area contributed by atoms with E-state index in [1.165, 1.54) is 0 Å². The largest absolute Gasteiger partial charge is 0.398 e. The number of rotatable bonds is 4. The lowest BCUT2D eigenvalue weighted by atomic mass is 10.1. The standard InChI is InChI=1S/C14H20N2O/c1-3-9-16(11-7-8-11)14(17)12-6-4-5-10(2)13(12)15/h4-6,11H,3,7-9,15H2,1-2H3. The van der Waals surface area contributed by atoms with Crippen LogP contribution in [0.15, 0.2) is 18.2 Å². The van der Waals surface area contributed by atoms with Gasteiger partial charge in [-0.3, -0.25) is 4.79 Å². The first-order valence-electron chi connectivity index (χ1n) is 6.31. The van der Waals surface area contributed by atoms with Crippen molar-refractivity contribution in [1.29, 1.82) is 0 Å². The van der Waals surface area contributed by atoms with E-state index >= 15 is 0 Å². The van der Waals surface area contributed by atoms with Gasteiger partial charge in [-0.15, -0.1) is 0 Å². The summed E-state index contributed by atoms with van der Waals surface area (Å²) < 4.78 is 0. The molecule has 0 unspecified atom stereocenters. The number of carbonyl (C=O) groups is 1. The number of carbonyl (C=O) groups excluding carboxylic acids is 1. The van der Waals surface area contributed by atoms with Gasteiger partial charge in [-0.2, -0.15) is 0 Å². The van der Waals surface area contributed by atoms with Crippen LogP contribution in [0.4, 0.5) is 5.69 Å². The first-order chi connectivity index (χ1) is 8.15. The van der Waals surface area contributed by atoms with E-state index in [0.717, 1.165) is 31.4 Å². The van der Waals surface area contributed by atoms with E-state index in [1.807, 2.05) is 30.0 Å². The van der Waals surface area contributed by atoms with Crippen molar-refractivity contribution in [3.63, 3.8) is 0 Å². The predicted molar refractivity (Wildman–Crippen MR) is 69.9 cm³/mol. The molecule has 2 rings (SSSR count). The Hall–Kier alpha value is -1.51. The summed E-state index contributed by atoms with van der Waals surface area (Å²) in [7, 11) is 0. The molecule has 1 saturated carbocycles. The summed E-state index contributed by atoms with van der Waals surface area (Å²) in [4.78, 5) is 14.4. The first-order valence-corrected chi connectivity index (χ1v) is 6.31. The lowest BCUT2D eigenvalue weighted by molar-refractivity contribution is 0.0744. The Morgan fingerprint density at radius 1 is 1.47 bits per heavy atom. The Bertz CT molecular complexity index is 424. The number of anilines is 1. The monoisotopic (exact) mass is 232 g/mol. The van der Waals surface area contributed by atoms with Crippen LogP contribution in [-0.4, -0.2) is 23.4 Å². The molecule has 0 atom stereocenters. The van der Waals surface area contributed by atoms with E-state index in [9.17, 15) is 4.79 Å². The van der Waals surface area contributed by atoms with Gasteiger partial charge in [-0.1, -0.05) is 19.1 Å². The van der Waals surface area contributed by atoms with Gasteiger partial charge in [-0.25, -0.2) is 0 Å². The molecule has 1 fully saturated rings. The quantitative estimate of drug-likeness (QED) is 0.811. The van der Waals surface area contributed by atoms with Crippen LogP contribution >= 0.6 is 0 Å². The summed E-state index contributed by atoms with van der Waals surface area (Å²) >= 11 is 0. The minimum absolute atomic E-state index is 0.0931. The van der Waals surface area contributed by atoms with E-state index in [1.54, 1.807) is 0 Å². The molecule has 3 nitrogen and oxygen atoms in total. The van der Waals surface area contributed by atoms with Gasteiger partial charge in [0.15, 0.2) is 0 Å². The molecule has 0 heterocycles. The second-order valence-electron chi connectivity index (χ2n) is 4.77. The highest BCUT2D eigenvalue weighted by molar-refractivity contribution is 6.00. The molecule has 0 bridgehead atoms. The van der Waals surface area contributed by atoms with E-state index in [-0.39, 0.29) is 5.91 Å². The van der Waals surface area contributed by atoms with Gasteiger partial charge in [0.2, 0.25) is 0 Å². The Morgan fingerprint density at radius 2 is 2.18 bits per heavy atom. The topological polar surface area (TPSA) is 46.3 Å². The molecule has 0 aromatic heterocycles. The second-order valence-corrected chi connectivity index (χ2v) is 4.77. The van der Waals surface area contributed by atoms with Crippen LogP contribution in [0.5, 0.6) is 0 Å². The summed E-state index contributed by atoms with van der Waals surface area (Å²) in [6, 6.07) is 6.11. The third-order valence-corrected chi connectivity index (χ3v) is 3.27. The van der Waals surface area contributed by atoms with Crippen molar-refractivity contribution in [1.82, 2.24) is 4.90 Å². The van der Waals surface area contributed by atoms with Crippen molar-refractivity contribution in [2.45, 2.75) is 39.2 Å². The third kappa shape index (κ3) is 2.43. The summed E-state index contributed by atoms with van der Waals surface area (Å²) in [5.41, 5.74) is 8.25. The van der Waals surface area contributed by atoms with Crippen LogP contribution in [0.25, 0.3) is 0 Å². The summed E-state index contributed by atoms with van der Waals surface area (Å²) in [6.45, 7) is 4.87. The molecule has 1 aromatic rings. The number of benzene rings is 1.